The second kappa shape index (κ2) is 7.07. The predicted octanol–water partition coefficient (Wildman–Crippen LogP) is 4.92. The van der Waals surface area contributed by atoms with Gasteiger partial charge in [-0.15, -0.1) is 11.3 Å². The van der Waals surface area contributed by atoms with E-state index in [9.17, 15) is 13.6 Å². The number of thiazole rings is 1. The maximum absolute atomic E-state index is 13.3. The monoisotopic (exact) mass is 364 g/mol. The van der Waals surface area contributed by atoms with Gasteiger partial charge in [-0.3, -0.25) is 4.79 Å². The van der Waals surface area contributed by atoms with Gasteiger partial charge in [-0.2, -0.15) is 0 Å². The van der Waals surface area contributed by atoms with E-state index < -0.39 is 11.6 Å². The Kier molecular flexibility index (Phi) is 4.87. The highest BCUT2D eigenvalue weighted by Crippen LogP contribution is 2.26. The number of halogens is 3. The fraction of sp³-hybridized carbons (Fsp3) is 0.0588. The maximum Gasteiger partial charge on any atom is 0.230 e. The molecule has 1 aromatic heterocycles. The van der Waals surface area contributed by atoms with Crippen LogP contribution in [0, 0.1) is 11.6 Å². The Labute approximate surface area is 145 Å². The number of nitrogens with one attached hydrogen (secondary N) is 1. The summed E-state index contributed by atoms with van der Waals surface area (Å²) < 4.78 is 26.2. The standard InChI is InChI=1S/C17H11ClF2N2OS/c18-12-4-1-10(2-5-12)7-16(23)22-17-21-15(9-24-17)11-3-6-13(19)14(20)8-11/h1-6,8-9H,7H2,(H,21,22,23). The summed E-state index contributed by atoms with van der Waals surface area (Å²) >= 11 is 7.02. The van der Waals surface area contributed by atoms with Gasteiger partial charge < -0.3 is 5.32 Å². The van der Waals surface area contributed by atoms with Gasteiger partial charge in [0.05, 0.1) is 12.1 Å². The van der Waals surface area contributed by atoms with E-state index in [0.29, 0.717) is 21.4 Å². The molecule has 0 aliphatic rings. The molecule has 0 bridgehead atoms. The summed E-state index contributed by atoms with van der Waals surface area (Å²) in [6.07, 6.45) is 0.192. The average molecular weight is 365 g/mol. The lowest BCUT2D eigenvalue weighted by Gasteiger charge is -2.02. The number of carbonyl (C=O) groups excluding carboxylic acids is 1. The summed E-state index contributed by atoms with van der Waals surface area (Å²) in [5, 5.41) is 5.36. The second-order valence-electron chi connectivity index (χ2n) is 5.02. The summed E-state index contributed by atoms with van der Waals surface area (Å²) in [7, 11) is 0. The largest absolute Gasteiger partial charge is 0.302 e. The first kappa shape index (κ1) is 16.5. The van der Waals surface area contributed by atoms with Crippen molar-refractivity contribution in [3.8, 4) is 11.3 Å². The van der Waals surface area contributed by atoms with Crippen molar-refractivity contribution in [3.05, 3.63) is 70.1 Å². The molecule has 2 aromatic carbocycles. The Balaban J connectivity index is 1.68. The van der Waals surface area contributed by atoms with Crippen molar-refractivity contribution in [2.24, 2.45) is 0 Å². The van der Waals surface area contributed by atoms with E-state index in [1.165, 1.54) is 17.4 Å². The zero-order chi connectivity index (χ0) is 17.1. The molecule has 7 heteroatoms. The second-order valence-corrected chi connectivity index (χ2v) is 6.31. The highest BCUT2D eigenvalue weighted by molar-refractivity contribution is 7.14. The lowest BCUT2D eigenvalue weighted by atomic mass is 10.1. The molecule has 3 rings (SSSR count). The number of rotatable bonds is 4. The van der Waals surface area contributed by atoms with Gasteiger partial charge in [-0.25, -0.2) is 13.8 Å². The third-order valence-electron chi connectivity index (χ3n) is 3.24. The van der Waals surface area contributed by atoms with Crippen LogP contribution in [-0.2, 0) is 11.2 Å². The van der Waals surface area contributed by atoms with Crippen LogP contribution in [0.4, 0.5) is 13.9 Å². The molecule has 1 heterocycles. The first-order valence-corrected chi connectivity index (χ1v) is 8.22. The number of benzene rings is 2. The third kappa shape index (κ3) is 3.96. The minimum Gasteiger partial charge on any atom is -0.302 e. The molecular formula is C17H11ClF2N2OS. The average Bonchev–Trinajstić information content (AvgIpc) is 3.00. The third-order valence-corrected chi connectivity index (χ3v) is 4.25. The Bertz CT molecular complexity index is 881. The fourth-order valence-corrected chi connectivity index (χ4v) is 2.93. The zero-order valence-corrected chi connectivity index (χ0v) is 13.8. The summed E-state index contributed by atoms with van der Waals surface area (Å²) in [6, 6.07) is 10.5. The molecule has 3 aromatic rings. The van der Waals surface area contributed by atoms with E-state index in [1.807, 2.05) is 0 Å². The van der Waals surface area contributed by atoms with Crippen LogP contribution in [0.2, 0.25) is 5.02 Å². The van der Waals surface area contributed by atoms with Crippen molar-refractivity contribution >= 4 is 34.0 Å². The number of anilines is 1. The number of aromatic nitrogens is 1. The van der Waals surface area contributed by atoms with Crippen LogP contribution in [0.3, 0.4) is 0 Å². The zero-order valence-electron chi connectivity index (χ0n) is 12.2. The summed E-state index contributed by atoms with van der Waals surface area (Å²) in [6.45, 7) is 0. The highest BCUT2D eigenvalue weighted by atomic mass is 35.5. The van der Waals surface area contributed by atoms with Gasteiger partial charge in [0, 0.05) is 16.0 Å². The van der Waals surface area contributed by atoms with E-state index in [0.717, 1.165) is 17.7 Å². The Hall–Kier alpha value is -2.31. The molecule has 0 saturated carbocycles. The number of carbonyl (C=O) groups is 1. The van der Waals surface area contributed by atoms with Crippen LogP contribution in [0.25, 0.3) is 11.3 Å². The molecule has 1 amide bonds. The molecule has 0 fully saturated rings. The van der Waals surface area contributed by atoms with Gasteiger partial charge in [-0.1, -0.05) is 23.7 Å². The molecule has 122 valence electrons. The van der Waals surface area contributed by atoms with Crippen molar-refractivity contribution in [2.45, 2.75) is 6.42 Å². The molecule has 1 N–H and O–H groups in total. The van der Waals surface area contributed by atoms with E-state index >= 15 is 0 Å². The predicted molar refractivity (Wildman–Crippen MR) is 91.3 cm³/mol. The van der Waals surface area contributed by atoms with Crippen LogP contribution in [0.5, 0.6) is 0 Å². The fourth-order valence-electron chi connectivity index (χ4n) is 2.07. The maximum atomic E-state index is 13.3. The summed E-state index contributed by atoms with van der Waals surface area (Å²) in [5.74, 6) is -2.07. The quantitative estimate of drug-likeness (QED) is 0.713. The Morgan fingerprint density at radius 2 is 1.88 bits per heavy atom. The van der Waals surface area contributed by atoms with Gasteiger partial charge in [0.2, 0.25) is 5.91 Å². The molecule has 0 atom stereocenters. The molecule has 0 saturated heterocycles. The minimum atomic E-state index is -0.936. The topological polar surface area (TPSA) is 42.0 Å². The minimum absolute atomic E-state index is 0.192. The number of amides is 1. The van der Waals surface area contributed by atoms with E-state index in [1.54, 1.807) is 29.6 Å². The molecule has 0 aliphatic carbocycles. The van der Waals surface area contributed by atoms with Crippen LogP contribution in [-0.4, -0.2) is 10.9 Å². The van der Waals surface area contributed by atoms with Gasteiger partial charge in [0.1, 0.15) is 0 Å². The van der Waals surface area contributed by atoms with Crippen LogP contribution in [0.1, 0.15) is 5.56 Å². The Morgan fingerprint density at radius 1 is 1.12 bits per heavy atom. The van der Waals surface area contributed by atoms with Gasteiger partial charge in [0.15, 0.2) is 16.8 Å². The van der Waals surface area contributed by atoms with E-state index in [2.05, 4.69) is 10.3 Å². The number of hydrogen-bond donors (Lipinski definition) is 1. The molecule has 24 heavy (non-hydrogen) atoms. The van der Waals surface area contributed by atoms with Gasteiger partial charge >= 0.3 is 0 Å². The van der Waals surface area contributed by atoms with Crippen LogP contribution in [0.15, 0.2) is 47.8 Å². The molecule has 0 unspecified atom stereocenters. The van der Waals surface area contributed by atoms with E-state index in [4.69, 9.17) is 11.6 Å². The first-order chi connectivity index (χ1) is 11.5. The van der Waals surface area contributed by atoms with Crippen LogP contribution < -0.4 is 5.32 Å². The van der Waals surface area contributed by atoms with Crippen molar-refractivity contribution in [1.29, 1.82) is 0 Å². The normalized spacial score (nSPS) is 10.6. The summed E-state index contributed by atoms with van der Waals surface area (Å²) in [4.78, 5) is 16.2. The van der Waals surface area contributed by atoms with E-state index in [-0.39, 0.29) is 12.3 Å². The molecule has 0 spiro atoms. The molecular weight excluding hydrogens is 354 g/mol. The summed E-state index contributed by atoms with van der Waals surface area (Å²) in [5.41, 5.74) is 1.75. The molecule has 0 aliphatic heterocycles. The van der Waals surface area contributed by atoms with Crippen molar-refractivity contribution in [1.82, 2.24) is 4.98 Å². The number of nitrogens with zero attached hydrogens (tertiary/aromatic N) is 1. The SMILES string of the molecule is O=C(Cc1ccc(Cl)cc1)Nc1nc(-c2ccc(F)c(F)c2)cs1. The van der Waals surface area contributed by atoms with Crippen molar-refractivity contribution in [3.63, 3.8) is 0 Å². The molecule has 3 nitrogen and oxygen atoms in total. The van der Waals surface area contributed by atoms with Gasteiger partial charge in [0.25, 0.3) is 0 Å². The first-order valence-electron chi connectivity index (χ1n) is 6.96. The Morgan fingerprint density at radius 3 is 2.58 bits per heavy atom. The smallest absolute Gasteiger partial charge is 0.230 e. The van der Waals surface area contributed by atoms with Crippen LogP contribution >= 0.6 is 22.9 Å². The number of hydrogen-bond acceptors (Lipinski definition) is 3. The molecule has 0 radical (unpaired) electrons. The van der Waals surface area contributed by atoms with Crippen molar-refractivity contribution < 1.29 is 13.6 Å². The lowest BCUT2D eigenvalue weighted by Crippen LogP contribution is -2.14. The van der Waals surface area contributed by atoms with Gasteiger partial charge in [-0.05, 0) is 35.9 Å². The lowest BCUT2D eigenvalue weighted by molar-refractivity contribution is -0.115. The highest BCUT2D eigenvalue weighted by Gasteiger charge is 2.10. The van der Waals surface area contributed by atoms with Crippen molar-refractivity contribution in [2.75, 3.05) is 5.32 Å².